The second kappa shape index (κ2) is 5.94. The van der Waals surface area contributed by atoms with Gasteiger partial charge in [0.25, 0.3) is 0 Å². The number of fused-ring (bicyclic) bond motifs is 1. The second-order valence-electron chi connectivity index (χ2n) is 4.79. The zero-order chi connectivity index (χ0) is 14.7. The van der Waals surface area contributed by atoms with Gasteiger partial charge < -0.3 is 0 Å². The maximum absolute atomic E-state index is 6.08. The highest BCUT2D eigenvalue weighted by molar-refractivity contribution is 6.31. The molecule has 0 atom stereocenters. The molecule has 0 bridgehead atoms. The summed E-state index contributed by atoms with van der Waals surface area (Å²) in [7, 11) is 0. The van der Waals surface area contributed by atoms with Gasteiger partial charge in [0.15, 0.2) is 0 Å². The van der Waals surface area contributed by atoms with E-state index in [1.54, 1.807) is 12.4 Å². The molecular formula is C17H14ClN3. The predicted octanol–water partition coefficient (Wildman–Crippen LogP) is 4.64. The summed E-state index contributed by atoms with van der Waals surface area (Å²) in [5.41, 5.74) is 6.89. The molecule has 1 N–H and O–H groups in total. The first-order valence-corrected chi connectivity index (χ1v) is 7.00. The molecule has 0 aliphatic carbocycles. The van der Waals surface area contributed by atoms with E-state index in [0.29, 0.717) is 0 Å². The van der Waals surface area contributed by atoms with Crippen LogP contribution in [0.2, 0.25) is 5.02 Å². The Hall–Kier alpha value is -2.39. The molecule has 3 aromatic rings. The van der Waals surface area contributed by atoms with Gasteiger partial charge in [-0.3, -0.25) is 10.4 Å². The van der Waals surface area contributed by atoms with Crippen molar-refractivity contribution in [2.45, 2.75) is 6.92 Å². The lowest BCUT2D eigenvalue weighted by Crippen LogP contribution is -1.91. The molecule has 0 radical (unpaired) electrons. The van der Waals surface area contributed by atoms with Gasteiger partial charge in [-0.2, -0.15) is 5.10 Å². The van der Waals surface area contributed by atoms with Gasteiger partial charge in [-0.15, -0.1) is 0 Å². The van der Waals surface area contributed by atoms with Crippen LogP contribution in [0.3, 0.4) is 0 Å². The summed E-state index contributed by atoms with van der Waals surface area (Å²) in [5.74, 6) is 0. The van der Waals surface area contributed by atoms with E-state index >= 15 is 0 Å². The number of nitrogens with one attached hydrogen (secondary N) is 1. The fraction of sp³-hybridized carbons (Fsp3) is 0.0588. The summed E-state index contributed by atoms with van der Waals surface area (Å²) >= 11 is 6.08. The van der Waals surface area contributed by atoms with Crippen LogP contribution in [0.25, 0.3) is 10.9 Å². The van der Waals surface area contributed by atoms with Gasteiger partial charge in [-0.05, 0) is 48.4 Å². The number of pyridine rings is 1. The van der Waals surface area contributed by atoms with Gasteiger partial charge in [0.1, 0.15) is 0 Å². The number of aromatic nitrogens is 1. The Morgan fingerprint density at radius 2 is 2.05 bits per heavy atom. The molecule has 2 aromatic carbocycles. The zero-order valence-corrected chi connectivity index (χ0v) is 12.3. The van der Waals surface area contributed by atoms with E-state index < -0.39 is 0 Å². The highest BCUT2D eigenvalue weighted by Gasteiger charge is 1.97. The molecule has 0 aliphatic heterocycles. The Labute approximate surface area is 128 Å². The van der Waals surface area contributed by atoms with Gasteiger partial charge in [0, 0.05) is 16.6 Å². The maximum atomic E-state index is 6.08. The van der Waals surface area contributed by atoms with Crippen LogP contribution >= 0.6 is 11.6 Å². The van der Waals surface area contributed by atoms with Crippen molar-refractivity contribution in [3.05, 3.63) is 70.9 Å². The van der Waals surface area contributed by atoms with Crippen molar-refractivity contribution in [2.24, 2.45) is 5.10 Å². The van der Waals surface area contributed by atoms with E-state index in [4.69, 9.17) is 11.6 Å². The van der Waals surface area contributed by atoms with Crippen LogP contribution in [-0.2, 0) is 0 Å². The van der Waals surface area contributed by atoms with E-state index in [1.807, 2.05) is 49.4 Å². The molecule has 0 amide bonds. The number of halogens is 1. The van der Waals surface area contributed by atoms with Crippen molar-refractivity contribution < 1.29 is 0 Å². The molecule has 0 unspecified atom stereocenters. The zero-order valence-electron chi connectivity index (χ0n) is 11.5. The summed E-state index contributed by atoms with van der Waals surface area (Å²) < 4.78 is 0. The summed E-state index contributed by atoms with van der Waals surface area (Å²) in [5, 5.41) is 6.06. The molecule has 0 fully saturated rings. The molecule has 104 valence electrons. The molecule has 0 spiro atoms. The van der Waals surface area contributed by atoms with E-state index in [2.05, 4.69) is 21.6 Å². The van der Waals surface area contributed by atoms with Crippen molar-refractivity contribution in [1.29, 1.82) is 0 Å². The van der Waals surface area contributed by atoms with Crippen molar-refractivity contribution >= 4 is 34.4 Å². The van der Waals surface area contributed by atoms with Gasteiger partial charge in [0.2, 0.25) is 0 Å². The maximum Gasteiger partial charge on any atom is 0.0702 e. The number of benzene rings is 2. The van der Waals surface area contributed by atoms with Crippen molar-refractivity contribution in [3.8, 4) is 0 Å². The number of nitrogens with zero attached hydrogens (tertiary/aromatic N) is 2. The topological polar surface area (TPSA) is 37.3 Å². The van der Waals surface area contributed by atoms with Crippen LogP contribution < -0.4 is 5.43 Å². The van der Waals surface area contributed by atoms with Gasteiger partial charge in [-0.1, -0.05) is 29.8 Å². The second-order valence-corrected chi connectivity index (χ2v) is 5.20. The minimum Gasteiger partial charge on any atom is -0.278 e. The summed E-state index contributed by atoms with van der Waals surface area (Å²) in [6, 6.07) is 15.8. The third kappa shape index (κ3) is 3.20. The van der Waals surface area contributed by atoms with E-state index in [-0.39, 0.29) is 0 Å². The third-order valence-corrected chi connectivity index (χ3v) is 3.61. The predicted molar refractivity (Wildman–Crippen MR) is 89.1 cm³/mol. The fourth-order valence-electron chi connectivity index (χ4n) is 2.02. The molecule has 3 nitrogen and oxygen atoms in total. The van der Waals surface area contributed by atoms with Crippen LogP contribution in [0, 0.1) is 6.92 Å². The molecule has 1 aromatic heterocycles. The normalized spacial score (nSPS) is 11.1. The van der Waals surface area contributed by atoms with E-state index in [9.17, 15) is 0 Å². The smallest absolute Gasteiger partial charge is 0.0702 e. The molecule has 4 heteroatoms. The molecule has 0 saturated carbocycles. The lowest BCUT2D eigenvalue weighted by molar-refractivity contribution is 1.34. The fourth-order valence-corrected chi connectivity index (χ4v) is 2.20. The van der Waals surface area contributed by atoms with Crippen molar-refractivity contribution in [2.75, 3.05) is 5.43 Å². The Balaban J connectivity index is 1.76. The summed E-state index contributed by atoms with van der Waals surface area (Å²) in [6.07, 6.45) is 3.57. The number of aryl methyl sites for hydroxylation is 1. The monoisotopic (exact) mass is 295 g/mol. The number of anilines is 1. The van der Waals surface area contributed by atoms with E-state index in [1.165, 1.54) is 0 Å². The summed E-state index contributed by atoms with van der Waals surface area (Å²) in [4.78, 5) is 4.29. The van der Waals surface area contributed by atoms with Crippen LogP contribution in [0.15, 0.2) is 59.8 Å². The Kier molecular flexibility index (Phi) is 3.84. The first-order valence-electron chi connectivity index (χ1n) is 6.62. The molecule has 0 aliphatic rings. The molecular weight excluding hydrogens is 282 g/mol. The average Bonchev–Trinajstić information content (AvgIpc) is 2.51. The van der Waals surface area contributed by atoms with Crippen molar-refractivity contribution in [1.82, 2.24) is 4.98 Å². The van der Waals surface area contributed by atoms with E-state index in [0.717, 1.165) is 32.7 Å². The average molecular weight is 296 g/mol. The molecule has 3 rings (SSSR count). The van der Waals surface area contributed by atoms with Crippen LogP contribution in [0.1, 0.15) is 11.1 Å². The molecule has 0 saturated heterocycles. The SMILES string of the molecule is Cc1ccc(NN=Cc2ccc3ncccc3c2)cc1Cl. The van der Waals surface area contributed by atoms with Crippen molar-refractivity contribution in [3.63, 3.8) is 0 Å². The first-order chi connectivity index (χ1) is 10.2. The minimum absolute atomic E-state index is 0.729. The lowest BCUT2D eigenvalue weighted by Gasteiger charge is -2.03. The summed E-state index contributed by atoms with van der Waals surface area (Å²) in [6.45, 7) is 1.97. The number of rotatable bonds is 3. The van der Waals surface area contributed by atoms with Crippen LogP contribution in [-0.4, -0.2) is 11.2 Å². The molecule has 1 heterocycles. The van der Waals surface area contributed by atoms with Gasteiger partial charge in [0.05, 0.1) is 17.4 Å². The highest BCUT2D eigenvalue weighted by Crippen LogP contribution is 2.20. The number of hydrogen-bond acceptors (Lipinski definition) is 3. The Morgan fingerprint density at radius 3 is 2.90 bits per heavy atom. The number of hydrazone groups is 1. The largest absolute Gasteiger partial charge is 0.278 e. The quantitative estimate of drug-likeness (QED) is 0.564. The van der Waals surface area contributed by atoms with Gasteiger partial charge >= 0.3 is 0 Å². The lowest BCUT2D eigenvalue weighted by atomic mass is 10.1. The molecule has 21 heavy (non-hydrogen) atoms. The standard InChI is InChI=1S/C17H14ClN3/c1-12-4-6-15(10-16(12)18)21-20-11-13-5-7-17-14(9-13)3-2-8-19-17/h2-11,21H,1H3. The number of hydrogen-bond donors (Lipinski definition) is 1. The minimum atomic E-state index is 0.729. The third-order valence-electron chi connectivity index (χ3n) is 3.21. The first kappa shape index (κ1) is 13.6. The van der Waals surface area contributed by atoms with Gasteiger partial charge in [-0.25, -0.2) is 0 Å². The Morgan fingerprint density at radius 1 is 1.14 bits per heavy atom. The Bertz CT molecular complexity index is 812. The van der Waals surface area contributed by atoms with Crippen LogP contribution in [0.5, 0.6) is 0 Å². The highest BCUT2D eigenvalue weighted by atomic mass is 35.5. The van der Waals surface area contributed by atoms with Crippen LogP contribution in [0.4, 0.5) is 5.69 Å².